The van der Waals surface area contributed by atoms with Gasteiger partial charge in [-0.25, -0.2) is 25.8 Å². The molecule has 182 valence electrons. The third-order valence-corrected chi connectivity index (χ3v) is 9.41. The Bertz CT molecular complexity index is 1750. The molecule has 0 saturated carbocycles. The number of nitrogen functional groups attached to an aromatic ring is 1. The summed E-state index contributed by atoms with van der Waals surface area (Å²) in [5.41, 5.74) is 7.27. The Morgan fingerprint density at radius 1 is 0.722 bits per heavy atom. The smallest absolute Gasteiger partial charge is 0.271 e. The van der Waals surface area contributed by atoms with E-state index in [1.807, 2.05) is 0 Å². The van der Waals surface area contributed by atoms with Gasteiger partial charge in [-0.3, -0.25) is 4.72 Å². The predicted molar refractivity (Wildman–Crippen MR) is 141 cm³/mol. The molecule has 0 saturated heterocycles. The molecule has 0 bridgehead atoms. The number of hydrogen-bond donors (Lipinski definition) is 2. The van der Waals surface area contributed by atoms with Gasteiger partial charge in [0.2, 0.25) is 5.95 Å². The lowest BCUT2D eigenvalue weighted by molar-refractivity contribution is 0.589. The molecule has 8 nitrogen and oxygen atoms in total. The molecule has 0 atom stereocenters. The van der Waals surface area contributed by atoms with E-state index in [4.69, 9.17) is 5.73 Å². The van der Waals surface area contributed by atoms with Gasteiger partial charge in [-0.15, -0.1) is 0 Å². The normalized spacial score (nSPS) is 12.0. The lowest BCUT2D eigenvalue weighted by atomic mass is 10.3. The Kier molecular flexibility index (Phi) is 6.20. The third kappa shape index (κ3) is 4.68. The van der Waals surface area contributed by atoms with Gasteiger partial charge in [-0.05, 0) is 66.7 Å². The van der Waals surface area contributed by atoms with E-state index in [2.05, 4.69) is 9.71 Å². The summed E-state index contributed by atoms with van der Waals surface area (Å²) in [5, 5.41) is 0. The average molecular weight is 537 g/mol. The highest BCUT2D eigenvalue weighted by molar-refractivity contribution is 7.99. The fourth-order valence-electron chi connectivity index (χ4n) is 3.61. The van der Waals surface area contributed by atoms with Crippen LogP contribution in [0.4, 0.5) is 11.6 Å². The van der Waals surface area contributed by atoms with Gasteiger partial charge in [-0.2, -0.15) is 0 Å². The van der Waals surface area contributed by atoms with Crippen molar-refractivity contribution >= 4 is 54.5 Å². The lowest BCUT2D eigenvalue weighted by Crippen LogP contribution is -2.15. The highest BCUT2D eigenvalue weighted by Gasteiger charge is 2.23. The highest BCUT2D eigenvalue weighted by atomic mass is 32.2. The van der Waals surface area contributed by atoms with Crippen LogP contribution in [-0.2, 0) is 20.0 Å². The van der Waals surface area contributed by atoms with E-state index in [9.17, 15) is 16.8 Å². The van der Waals surface area contributed by atoms with Crippen molar-refractivity contribution in [3.05, 3.63) is 103 Å². The maximum absolute atomic E-state index is 13.1. The first-order chi connectivity index (χ1) is 17.2. The Balaban J connectivity index is 1.37. The van der Waals surface area contributed by atoms with Crippen molar-refractivity contribution < 1.29 is 16.8 Å². The van der Waals surface area contributed by atoms with E-state index in [0.29, 0.717) is 16.7 Å². The Hall–Kier alpha value is -3.80. The number of nitrogens with zero attached hydrogens (tertiary/aromatic N) is 2. The van der Waals surface area contributed by atoms with Crippen LogP contribution in [0.3, 0.4) is 0 Å². The second-order valence-corrected chi connectivity index (χ2v) is 12.4. The summed E-state index contributed by atoms with van der Waals surface area (Å²) >= 11 is 1.43. The molecular formula is C25H20N4O4S3. The summed E-state index contributed by atoms with van der Waals surface area (Å²) in [6, 6.07) is 28.4. The highest BCUT2D eigenvalue weighted by Crippen LogP contribution is 2.33. The molecule has 3 N–H and O–H groups in total. The molecule has 1 heterocycles. The van der Waals surface area contributed by atoms with Crippen LogP contribution in [0.5, 0.6) is 0 Å². The molecular weight excluding hydrogens is 517 g/mol. The van der Waals surface area contributed by atoms with Crippen LogP contribution >= 0.6 is 11.8 Å². The van der Waals surface area contributed by atoms with Crippen LogP contribution in [0.2, 0.25) is 0 Å². The molecule has 5 rings (SSSR count). The minimum Gasteiger partial charge on any atom is -0.368 e. The van der Waals surface area contributed by atoms with Crippen molar-refractivity contribution in [2.24, 2.45) is 0 Å². The van der Waals surface area contributed by atoms with Gasteiger partial charge in [0, 0.05) is 15.5 Å². The second-order valence-electron chi connectivity index (χ2n) is 7.75. The third-order valence-electron chi connectivity index (χ3n) is 5.29. The van der Waals surface area contributed by atoms with Gasteiger partial charge < -0.3 is 5.73 Å². The van der Waals surface area contributed by atoms with Crippen LogP contribution in [-0.4, -0.2) is 25.8 Å². The zero-order valence-electron chi connectivity index (χ0n) is 18.6. The number of rotatable bonds is 7. The molecule has 36 heavy (non-hydrogen) atoms. The van der Waals surface area contributed by atoms with Crippen LogP contribution in [0.25, 0.3) is 11.0 Å². The first-order valence-corrected chi connectivity index (χ1v) is 14.4. The number of imidazole rings is 1. The first-order valence-electron chi connectivity index (χ1n) is 10.7. The fraction of sp³-hybridized carbons (Fsp3) is 0. The Morgan fingerprint density at radius 3 is 1.94 bits per heavy atom. The molecule has 0 radical (unpaired) electrons. The van der Waals surface area contributed by atoms with Gasteiger partial charge in [0.1, 0.15) is 0 Å². The predicted octanol–water partition coefficient (Wildman–Crippen LogP) is 4.81. The number of nitrogens with two attached hydrogens (primary N) is 1. The Labute approximate surface area is 212 Å². The van der Waals surface area contributed by atoms with E-state index < -0.39 is 20.0 Å². The number of hydrogen-bond acceptors (Lipinski definition) is 7. The van der Waals surface area contributed by atoms with Crippen LogP contribution in [0, 0.1) is 0 Å². The van der Waals surface area contributed by atoms with Crippen molar-refractivity contribution in [2.45, 2.75) is 19.6 Å². The molecule has 0 aliphatic rings. The monoisotopic (exact) mass is 536 g/mol. The maximum Gasteiger partial charge on any atom is 0.271 e. The minimum absolute atomic E-state index is 0.119. The van der Waals surface area contributed by atoms with Crippen molar-refractivity contribution in [1.29, 1.82) is 0 Å². The molecule has 4 aromatic carbocycles. The van der Waals surface area contributed by atoms with Crippen LogP contribution < -0.4 is 10.5 Å². The summed E-state index contributed by atoms with van der Waals surface area (Å²) in [6.07, 6.45) is 0. The van der Waals surface area contributed by atoms with Crippen LogP contribution in [0.1, 0.15) is 0 Å². The van der Waals surface area contributed by atoms with E-state index in [1.54, 1.807) is 78.9 Å². The molecule has 5 aromatic rings. The fourth-order valence-corrected chi connectivity index (χ4v) is 6.95. The summed E-state index contributed by atoms with van der Waals surface area (Å²) in [6.45, 7) is 0. The number of anilines is 2. The first kappa shape index (κ1) is 23.9. The van der Waals surface area contributed by atoms with Gasteiger partial charge in [-0.1, -0.05) is 48.2 Å². The van der Waals surface area contributed by atoms with E-state index in [1.165, 1.54) is 36.0 Å². The average Bonchev–Trinajstić information content (AvgIpc) is 3.22. The lowest BCUT2D eigenvalue weighted by Gasteiger charge is -2.09. The SMILES string of the molecule is Nc1nc2cc(Sc3ccc(NS(=O)(=O)c4ccccc4)cc3)ccc2n1S(=O)(=O)c1ccccc1. The summed E-state index contributed by atoms with van der Waals surface area (Å²) in [5.74, 6) is -0.119. The number of nitrogens with one attached hydrogen (secondary N) is 1. The van der Waals surface area contributed by atoms with E-state index in [0.717, 1.165) is 13.8 Å². The quantitative estimate of drug-likeness (QED) is 0.306. The molecule has 0 fully saturated rings. The molecule has 1 aromatic heterocycles. The standard InChI is InChI=1S/C25H20N4O4S3/c26-25-27-23-17-20(15-16-24(23)29(25)36(32,33)22-9-5-2-6-10-22)34-19-13-11-18(12-14-19)28-35(30,31)21-7-3-1-4-8-21/h1-17,28H,(H2,26,27). The van der Waals surface area contributed by atoms with Gasteiger partial charge in [0.25, 0.3) is 20.0 Å². The number of fused-ring (bicyclic) bond motifs is 1. The van der Waals surface area contributed by atoms with Gasteiger partial charge >= 0.3 is 0 Å². The second kappa shape index (κ2) is 9.34. The number of aromatic nitrogens is 2. The molecule has 11 heteroatoms. The molecule has 0 aliphatic carbocycles. The number of benzene rings is 4. The minimum atomic E-state index is -3.90. The van der Waals surface area contributed by atoms with E-state index in [-0.39, 0.29) is 15.7 Å². The van der Waals surface area contributed by atoms with Gasteiger partial charge in [0.05, 0.1) is 20.8 Å². The summed E-state index contributed by atoms with van der Waals surface area (Å²) in [7, 11) is -7.57. The largest absolute Gasteiger partial charge is 0.368 e. The van der Waals surface area contributed by atoms with E-state index >= 15 is 0 Å². The van der Waals surface area contributed by atoms with Crippen LogP contribution in [0.15, 0.2) is 123 Å². The number of sulfonamides is 1. The molecule has 0 unspecified atom stereocenters. The summed E-state index contributed by atoms with van der Waals surface area (Å²) < 4.78 is 54.9. The van der Waals surface area contributed by atoms with Crippen molar-refractivity contribution in [3.63, 3.8) is 0 Å². The summed E-state index contributed by atoms with van der Waals surface area (Å²) in [4.78, 5) is 6.25. The maximum atomic E-state index is 13.1. The van der Waals surface area contributed by atoms with Crippen molar-refractivity contribution in [2.75, 3.05) is 10.5 Å². The van der Waals surface area contributed by atoms with Crippen molar-refractivity contribution in [1.82, 2.24) is 8.96 Å². The zero-order chi connectivity index (χ0) is 25.3. The molecule has 0 aliphatic heterocycles. The zero-order valence-corrected chi connectivity index (χ0v) is 21.1. The molecule has 0 amide bonds. The topological polar surface area (TPSA) is 124 Å². The Morgan fingerprint density at radius 2 is 1.31 bits per heavy atom. The van der Waals surface area contributed by atoms with Crippen molar-refractivity contribution in [3.8, 4) is 0 Å². The molecule has 0 spiro atoms. The van der Waals surface area contributed by atoms with Gasteiger partial charge in [0.15, 0.2) is 0 Å².